The van der Waals surface area contributed by atoms with Gasteiger partial charge in [-0.3, -0.25) is 9.48 Å². The molecule has 1 fully saturated rings. The summed E-state index contributed by atoms with van der Waals surface area (Å²) in [6.07, 6.45) is 3.79. The Bertz CT molecular complexity index is 511. The van der Waals surface area contributed by atoms with Crippen LogP contribution >= 0.6 is 12.2 Å². The van der Waals surface area contributed by atoms with Crippen molar-refractivity contribution in [1.29, 1.82) is 0 Å². The maximum atomic E-state index is 12.4. The third-order valence-corrected chi connectivity index (χ3v) is 4.23. The van der Waals surface area contributed by atoms with E-state index >= 15 is 0 Å². The minimum atomic E-state index is -0.0767. The van der Waals surface area contributed by atoms with Crippen molar-refractivity contribution >= 4 is 23.1 Å². The van der Waals surface area contributed by atoms with Crippen LogP contribution in [0.3, 0.4) is 0 Å². The summed E-state index contributed by atoms with van der Waals surface area (Å²) < 4.78 is 1.75. The normalized spacial score (nSPS) is 21.9. The monoisotopic (exact) mass is 294 g/mol. The first-order chi connectivity index (χ1) is 9.56. The number of hydrogen-bond acceptors (Lipinski definition) is 3. The highest BCUT2D eigenvalue weighted by Crippen LogP contribution is 2.26. The highest BCUT2D eigenvalue weighted by atomic mass is 32.1. The number of nitrogens with one attached hydrogen (secondary N) is 1. The molecule has 0 aromatic carbocycles. The van der Waals surface area contributed by atoms with Crippen LogP contribution in [0.25, 0.3) is 0 Å². The van der Waals surface area contributed by atoms with E-state index in [1.807, 2.05) is 19.9 Å². The summed E-state index contributed by atoms with van der Waals surface area (Å²) in [5.41, 5.74) is 7.31. The fourth-order valence-corrected chi connectivity index (χ4v) is 3.06. The second-order valence-electron chi connectivity index (χ2n) is 5.21. The molecule has 0 saturated heterocycles. The molecule has 110 valence electrons. The molecule has 1 aliphatic rings. The van der Waals surface area contributed by atoms with Gasteiger partial charge in [-0.05, 0) is 32.3 Å². The molecule has 3 N–H and O–H groups in total. The number of nitrogens with zero attached hydrogens (tertiary/aromatic N) is 2. The summed E-state index contributed by atoms with van der Waals surface area (Å²) >= 11 is 5.08. The zero-order valence-electron chi connectivity index (χ0n) is 12.1. The van der Waals surface area contributed by atoms with Crippen LogP contribution in [0.1, 0.15) is 49.3 Å². The van der Waals surface area contributed by atoms with Crippen LogP contribution in [0, 0.1) is 5.92 Å². The van der Waals surface area contributed by atoms with Crippen molar-refractivity contribution in [2.24, 2.45) is 11.7 Å². The molecule has 1 heterocycles. The standard InChI is InChI=1S/C14H22N4OS/c1-3-9-8-12(18(4-2)17-9)14(19)16-11-7-5-6-10(11)13(15)20/h8,10-11H,3-7H2,1-2H3,(H2,15,20)(H,16,19). The minimum absolute atomic E-state index is 0.0604. The van der Waals surface area contributed by atoms with Crippen molar-refractivity contribution in [3.8, 4) is 0 Å². The van der Waals surface area contributed by atoms with E-state index in [1.54, 1.807) is 4.68 Å². The molecule has 1 amide bonds. The van der Waals surface area contributed by atoms with E-state index in [0.717, 1.165) is 31.4 Å². The van der Waals surface area contributed by atoms with Gasteiger partial charge in [-0.15, -0.1) is 0 Å². The summed E-state index contributed by atoms with van der Waals surface area (Å²) in [6.45, 7) is 4.70. The second-order valence-corrected chi connectivity index (χ2v) is 5.68. The Labute approximate surface area is 124 Å². The van der Waals surface area contributed by atoms with Gasteiger partial charge in [0.2, 0.25) is 0 Å². The summed E-state index contributed by atoms with van der Waals surface area (Å²) in [4.78, 5) is 12.9. The van der Waals surface area contributed by atoms with Crippen molar-refractivity contribution in [3.05, 3.63) is 17.5 Å². The van der Waals surface area contributed by atoms with Crippen molar-refractivity contribution in [2.45, 2.75) is 52.1 Å². The maximum absolute atomic E-state index is 12.4. The molecular formula is C14H22N4OS. The lowest BCUT2D eigenvalue weighted by atomic mass is 10.0. The predicted octanol–water partition coefficient (Wildman–Crippen LogP) is 1.65. The van der Waals surface area contributed by atoms with Crippen molar-refractivity contribution < 1.29 is 4.79 Å². The topological polar surface area (TPSA) is 72.9 Å². The Balaban J connectivity index is 2.11. The second kappa shape index (κ2) is 6.35. The number of carbonyl (C=O) groups excluding carboxylic acids is 1. The van der Waals surface area contributed by atoms with E-state index < -0.39 is 0 Å². The van der Waals surface area contributed by atoms with Crippen LogP contribution in [0.5, 0.6) is 0 Å². The van der Waals surface area contributed by atoms with E-state index in [0.29, 0.717) is 17.2 Å². The molecule has 1 saturated carbocycles. The van der Waals surface area contributed by atoms with E-state index in [2.05, 4.69) is 10.4 Å². The molecule has 1 aromatic rings. The lowest BCUT2D eigenvalue weighted by Crippen LogP contribution is -2.42. The molecule has 5 nitrogen and oxygen atoms in total. The Morgan fingerprint density at radius 3 is 2.90 bits per heavy atom. The summed E-state index contributed by atoms with van der Waals surface area (Å²) in [6, 6.07) is 1.93. The molecule has 2 unspecified atom stereocenters. The molecule has 2 rings (SSSR count). The lowest BCUT2D eigenvalue weighted by Gasteiger charge is -2.20. The van der Waals surface area contributed by atoms with Crippen LogP contribution < -0.4 is 11.1 Å². The number of aryl methyl sites for hydroxylation is 2. The molecule has 0 aliphatic heterocycles. The molecule has 6 heteroatoms. The van der Waals surface area contributed by atoms with Crippen LogP contribution in [0.2, 0.25) is 0 Å². The van der Waals surface area contributed by atoms with Crippen molar-refractivity contribution in [1.82, 2.24) is 15.1 Å². The van der Waals surface area contributed by atoms with Gasteiger partial charge in [-0.1, -0.05) is 25.6 Å². The van der Waals surface area contributed by atoms with Gasteiger partial charge < -0.3 is 11.1 Å². The Hall–Kier alpha value is -1.43. The van der Waals surface area contributed by atoms with Crippen LogP contribution in [-0.2, 0) is 13.0 Å². The average Bonchev–Trinajstić information content (AvgIpc) is 3.03. The SMILES string of the molecule is CCc1cc(C(=O)NC2CCCC2C(N)=S)n(CC)n1. The van der Waals surface area contributed by atoms with Gasteiger partial charge in [0, 0.05) is 18.5 Å². The first-order valence-electron chi connectivity index (χ1n) is 7.23. The molecule has 1 aliphatic carbocycles. The Kier molecular flexibility index (Phi) is 4.75. The fraction of sp³-hybridized carbons (Fsp3) is 0.643. The zero-order chi connectivity index (χ0) is 14.7. The third kappa shape index (κ3) is 3.00. The van der Waals surface area contributed by atoms with Crippen LogP contribution in [0.15, 0.2) is 6.07 Å². The molecule has 2 atom stereocenters. The largest absolute Gasteiger partial charge is 0.393 e. The molecule has 0 bridgehead atoms. The first-order valence-corrected chi connectivity index (χ1v) is 7.64. The third-order valence-electron chi connectivity index (χ3n) is 3.92. The average molecular weight is 294 g/mol. The summed E-state index contributed by atoms with van der Waals surface area (Å²) in [7, 11) is 0. The van der Waals surface area contributed by atoms with E-state index in [-0.39, 0.29) is 17.9 Å². The minimum Gasteiger partial charge on any atom is -0.393 e. The van der Waals surface area contributed by atoms with Gasteiger partial charge in [0.25, 0.3) is 5.91 Å². The first kappa shape index (κ1) is 15.0. The van der Waals surface area contributed by atoms with E-state index in [4.69, 9.17) is 18.0 Å². The van der Waals surface area contributed by atoms with Crippen LogP contribution in [0.4, 0.5) is 0 Å². The summed E-state index contributed by atoms with van der Waals surface area (Å²) in [5.74, 6) is 0.0461. The van der Waals surface area contributed by atoms with Gasteiger partial charge >= 0.3 is 0 Å². The molecule has 20 heavy (non-hydrogen) atoms. The lowest BCUT2D eigenvalue weighted by molar-refractivity contribution is 0.0923. The smallest absolute Gasteiger partial charge is 0.269 e. The highest BCUT2D eigenvalue weighted by molar-refractivity contribution is 7.80. The number of hydrogen-bond donors (Lipinski definition) is 2. The zero-order valence-corrected chi connectivity index (χ0v) is 12.9. The number of amides is 1. The maximum Gasteiger partial charge on any atom is 0.269 e. The molecule has 0 radical (unpaired) electrons. The number of carbonyl (C=O) groups is 1. The molecule has 0 spiro atoms. The van der Waals surface area contributed by atoms with Gasteiger partial charge in [0.15, 0.2) is 0 Å². The van der Waals surface area contributed by atoms with Gasteiger partial charge in [0.05, 0.1) is 10.7 Å². The molecule has 1 aromatic heterocycles. The van der Waals surface area contributed by atoms with Gasteiger partial charge in [0.1, 0.15) is 5.69 Å². The Morgan fingerprint density at radius 2 is 2.30 bits per heavy atom. The fourth-order valence-electron chi connectivity index (χ4n) is 2.78. The van der Waals surface area contributed by atoms with Crippen molar-refractivity contribution in [3.63, 3.8) is 0 Å². The van der Waals surface area contributed by atoms with E-state index in [9.17, 15) is 4.79 Å². The summed E-state index contributed by atoms with van der Waals surface area (Å²) in [5, 5.41) is 7.47. The van der Waals surface area contributed by atoms with Gasteiger partial charge in [-0.2, -0.15) is 5.10 Å². The van der Waals surface area contributed by atoms with Crippen LogP contribution in [-0.4, -0.2) is 26.7 Å². The molecular weight excluding hydrogens is 272 g/mol. The van der Waals surface area contributed by atoms with E-state index in [1.165, 1.54) is 0 Å². The van der Waals surface area contributed by atoms with Crippen molar-refractivity contribution in [2.75, 3.05) is 0 Å². The highest BCUT2D eigenvalue weighted by Gasteiger charge is 2.31. The number of rotatable bonds is 5. The van der Waals surface area contributed by atoms with Gasteiger partial charge in [-0.25, -0.2) is 0 Å². The number of aromatic nitrogens is 2. The quantitative estimate of drug-likeness (QED) is 0.810. The number of nitrogens with two attached hydrogens (primary N) is 1. The predicted molar refractivity (Wildman–Crippen MR) is 82.7 cm³/mol. The Morgan fingerprint density at radius 1 is 1.55 bits per heavy atom. The number of thiocarbonyl (C=S) groups is 1.